The van der Waals surface area contributed by atoms with Gasteiger partial charge in [-0.05, 0) is 61.6 Å². The fourth-order valence-corrected chi connectivity index (χ4v) is 4.64. The van der Waals surface area contributed by atoms with Crippen LogP contribution in [0.5, 0.6) is 0 Å². The van der Waals surface area contributed by atoms with Crippen LogP contribution in [0.15, 0.2) is 24.3 Å². The molecule has 3 atom stereocenters. The number of hydrogen-bond donors (Lipinski definition) is 2. The van der Waals surface area contributed by atoms with Gasteiger partial charge >= 0.3 is 0 Å². The minimum absolute atomic E-state index is 0. The van der Waals surface area contributed by atoms with Gasteiger partial charge in [0.15, 0.2) is 0 Å². The van der Waals surface area contributed by atoms with Crippen LogP contribution in [-0.4, -0.2) is 11.9 Å². The van der Waals surface area contributed by atoms with E-state index in [0.717, 1.165) is 24.8 Å². The third-order valence-electron chi connectivity index (χ3n) is 5.76. The van der Waals surface area contributed by atoms with Crippen molar-refractivity contribution in [3.8, 4) is 0 Å². The summed E-state index contributed by atoms with van der Waals surface area (Å²) in [5.74, 6) is 1.38. The van der Waals surface area contributed by atoms with Crippen LogP contribution in [0.1, 0.15) is 57.1 Å². The number of nitrogens with one attached hydrogen (secondary N) is 1. The van der Waals surface area contributed by atoms with E-state index in [4.69, 9.17) is 17.3 Å². The van der Waals surface area contributed by atoms with Gasteiger partial charge in [0, 0.05) is 17.0 Å². The highest BCUT2D eigenvalue weighted by Gasteiger charge is 2.40. The van der Waals surface area contributed by atoms with Crippen LogP contribution < -0.4 is 11.1 Å². The van der Waals surface area contributed by atoms with Crippen LogP contribution in [0.2, 0.25) is 5.02 Å². The summed E-state index contributed by atoms with van der Waals surface area (Å²) < 4.78 is 0. The molecule has 3 nitrogen and oxygen atoms in total. The Labute approximate surface area is 156 Å². The molecule has 0 radical (unpaired) electrons. The number of amides is 1. The van der Waals surface area contributed by atoms with Gasteiger partial charge in [-0.3, -0.25) is 4.79 Å². The van der Waals surface area contributed by atoms with Crippen molar-refractivity contribution in [2.45, 2.75) is 57.5 Å². The van der Waals surface area contributed by atoms with Gasteiger partial charge in [0.05, 0.1) is 6.04 Å². The van der Waals surface area contributed by atoms with Gasteiger partial charge in [-0.1, -0.05) is 37.1 Å². The van der Waals surface area contributed by atoms with Crippen molar-refractivity contribution in [2.75, 3.05) is 0 Å². The normalized spacial score (nSPS) is 30.1. The van der Waals surface area contributed by atoms with Gasteiger partial charge in [-0.2, -0.15) is 0 Å². The van der Waals surface area contributed by atoms with Crippen LogP contribution >= 0.6 is 24.0 Å². The van der Waals surface area contributed by atoms with E-state index < -0.39 is 0 Å². The van der Waals surface area contributed by atoms with E-state index in [1.54, 1.807) is 0 Å². The summed E-state index contributed by atoms with van der Waals surface area (Å²) in [5.41, 5.74) is 7.42. The van der Waals surface area contributed by atoms with Crippen molar-refractivity contribution in [2.24, 2.45) is 23.5 Å². The third-order valence-corrected chi connectivity index (χ3v) is 5.99. The van der Waals surface area contributed by atoms with Crippen LogP contribution in [0.4, 0.5) is 0 Å². The SMILES string of the molecule is CCC(NC(=O)C1CC2CCCC(C1)C2N)c1cccc(Cl)c1.Cl. The summed E-state index contributed by atoms with van der Waals surface area (Å²) in [6.07, 6.45) is 6.42. The van der Waals surface area contributed by atoms with Gasteiger partial charge < -0.3 is 11.1 Å². The van der Waals surface area contributed by atoms with Crippen LogP contribution in [0, 0.1) is 17.8 Å². The lowest BCUT2D eigenvalue weighted by molar-refractivity contribution is -0.128. The number of carbonyl (C=O) groups excluding carboxylic acids is 1. The second kappa shape index (κ2) is 8.55. The highest BCUT2D eigenvalue weighted by molar-refractivity contribution is 6.30. The lowest BCUT2D eigenvalue weighted by Gasteiger charge is -2.43. The fourth-order valence-electron chi connectivity index (χ4n) is 4.44. The molecule has 24 heavy (non-hydrogen) atoms. The number of nitrogens with two attached hydrogens (primary N) is 1. The van der Waals surface area contributed by atoms with Gasteiger partial charge in [0.1, 0.15) is 0 Å². The first-order chi connectivity index (χ1) is 11.1. The van der Waals surface area contributed by atoms with E-state index in [1.807, 2.05) is 24.3 Å². The zero-order valence-corrected chi connectivity index (χ0v) is 15.8. The predicted octanol–water partition coefficient (Wildman–Crippen LogP) is 4.48. The van der Waals surface area contributed by atoms with Crippen molar-refractivity contribution < 1.29 is 4.79 Å². The Kier molecular flexibility index (Phi) is 6.97. The Morgan fingerprint density at radius 2 is 2.00 bits per heavy atom. The molecule has 0 heterocycles. The number of benzene rings is 1. The maximum atomic E-state index is 12.8. The van der Waals surface area contributed by atoms with Crippen molar-refractivity contribution in [3.05, 3.63) is 34.9 Å². The molecule has 0 saturated heterocycles. The van der Waals surface area contributed by atoms with Crippen molar-refractivity contribution >= 4 is 29.9 Å². The molecule has 3 N–H and O–H groups in total. The summed E-state index contributed by atoms with van der Waals surface area (Å²) in [6, 6.07) is 8.13. The third kappa shape index (κ3) is 4.25. The first-order valence-electron chi connectivity index (χ1n) is 8.90. The molecular formula is C19H28Cl2N2O. The molecule has 0 aromatic heterocycles. The number of carbonyl (C=O) groups is 1. The molecular weight excluding hydrogens is 343 g/mol. The fraction of sp³-hybridized carbons (Fsp3) is 0.632. The second-order valence-electron chi connectivity index (χ2n) is 7.22. The monoisotopic (exact) mass is 370 g/mol. The highest BCUT2D eigenvalue weighted by atomic mass is 35.5. The van der Waals surface area contributed by atoms with E-state index in [0.29, 0.717) is 22.9 Å². The minimum atomic E-state index is 0. The first-order valence-corrected chi connectivity index (χ1v) is 9.27. The van der Waals surface area contributed by atoms with Crippen molar-refractivity contribution in [1.29, 1.82) is 0 Å². The predicted molar refractivity (Wildman–Crippen MR) is 101 cm³/mol. The number of rotatable bonds is 4. The zero-order valence-electron chi connectivity index (χ0n) is 14.2. The molecule has 5 heteroatoms. The molecule has 2 aliphatic carbocycles. The Morgan fingerprint density at radius 3 is 2.58 bits per heavy atom. The standard InChI is InChI=1S/C19H27ClN2O.ClH/c1-2-17(12-5-4-8-16(20)11-12)22-19(23)15-9-13-6-3-7-14(10-15)18(13)21;/h4-5,8,11,13-15,17-18H,2-3,6-7,9-10,21H2,1H3,(H,22,23);1H. The number of hydrogen-bond acceptors (Lipinski definition) is 2. The average molecular weight is 371 g/mol. The lowest BCUT2D eigenvalue weighted by atomic mass is 9.65. The van der Waals surface area contributed by atoms with Crippen LogP contribution in [0.3, 0.4) is 0 Å². The Hall–Kier alpha value is -0.770. The Morgan fingerprint density at radius 1 is 1.33 bits per heavy atom. The molecule has 134 valence electrons. The van der Waals surface area contributed by atoms with Gasteiger partial charge in [0.25, 0.3) is 0 Å². The summed E-state index contributed by atoms with van der Waals surface area (Å²) in [6.45, 7) is 2.09. The Bertz CT molecular complexity index is 552. The summed E-state index contributed by atoms with van der Waals surface area (Å²) in [4.78, 5) is 12.8. The minimum Gasteiger partial charge on any atom is -0.349 e. The maximum Gasteiger partial charge on any atom is 0.223 e. The molecule has 2 aliphatic rings. The molecule has 2 bridgehead atoms. The molecule has 2 saturated carbocycles. The van der Waals surface area contributed by atoms with Crippen molar-refractivity contribution in [3.63, 3.8) is 0 Å². The summed E-state index contributed by atoms with van der Waals surface area (Å²) in [5, 5.41) is 3.96. The smallest absolute Gasteiger partial charge is 0.223 e. The molecule has 3 unspecified atom stereocenters. The van der Waals surface area contributed by atoms with E-state index >= 15 is 0 Å². The van der Waals surface area contributed by atoms with Crippen LogP contribution in [0.25, 0.3) is 0 Å². The Balaban J connectivity index is 0.00000208. The molecule has 0 aliphatic heterocycles. The molecule has 1 aromatic rings. The molecule has 1 aromatic carbocycles. The van der Waals surface area contributed by atoms with Crippen molar-refractivity contribution in [1.82, 2.24) is 5.32 Å². The summed E-state index contributed by atoms with van der Waals surface area (Å²) in [7, 11) is 0. The van der Waals surface area contributed by atoms with Gasteiger partial charge in [-0.25, -0.2) is 0 Å². The molecule has 0 spiro atoms. The van der Waals surface area contributed by atoms with E-state index in [1.165, 1.54) is 19.3 Å². The first kappa shape index (κ1) is 19.6. The number of halogens is 2. The second-order valence-corrected chi connectivity index (χ2v) is 7.66. The van der Waals surface area contributed by atoms with E-state index in [9.17, 15) is 4.79 Å². The molecule has 1 amide bonds. The zero-order chi connectivity index (χ0) is 16.4. The lowest BCUT2D eigenvalue weighted by Crippen LogP contribution is -2.49. The molecule has 3 rings (SSSR count). The quantitative estimate of drug-likeness (QED) is 0.820. The largest absolute Gasteiger partial charge is 0.349 e. The highest BCUT2D eigenvalue weighted by Crippen LogP contribution is 2.42. The van der Waals surface area contributed by atoms with E-state index in [2.05, 4.69) is 12.2 Å². The van der Waals surface area contributed by atoms with Crippen LogP contribution in [-0.2, 0) is 4.79 Å². The summed E-state index contributed by atoms with van der Waals surface area (Å²) >= 11 is 6.09. The maximum absolute atomic E-state index is 12.8. The average Bonchev–Trinajstić information content (AvgIpc) is 2.52. The van der Waals surface area contributed by atoms with Gasteiger partial charge in [0.2, 0.25) is 5.91 Å². The topological polar surface area (TPSA) is 55.1 Å². The molecule has 2 fully saturated rings. The van der Waals surface area contributed by atoms with Gasteiger partial charge in [-0.15, -0.1) is 12.4 Å². The van der Waals surface area contributed by atoms with E-state index in [-0.39, 0.29) is 30.3 Å². The number of fused-ring (bicyclic) bond motifs is 2.